The number of aryl methyl sites for hydroxylation is 1. The molecule has 3 nitrogen and oxygen atoms in total. The van der Waals surface area contributed by atoms with Crippen molar-refractivity contribution in [3.63, 3.8) is 0 Å². The second-order valence-electron chi connectivity index (χ2n) is 5.83. The molecule has 1 amide bonds. The molecule has 1 aliphatic rings. The first kappa shape index (κ1) is 15.0. The lowest BCUT2D eigenvalue weighted by Gasteiger charge is -2.22. The number of primary amides is 1. The minimum atomic E-state index is -0.217. The SMILES string of the molecule is NC(=O)C(CCc1ccccc1)NC1CCCCCC1. The Kier molecular flexibility index (Phi) is 6.06. The molecule has 0 aliphatic heterocycles. The maximum Gasteiger partial charge on any atom is 0.234 e. The van der Waals surface area contributed by atoms with E-state index in [-0.39, 0.29) is 11.9 Å². The molecule has 3 N–H and O–H groups in total. The van der Waals surface area contributed by atoms with Crippen molar-refractivity contribution in [1.29, 1.82) is 0 Å². The highest BCUT2D eigenvalue weighted by atomic mass is 16.1. The molecule has 0 aromatic heterocycles. The normalized spacial score (nSPS) is 18.4. The Morgan fingerprint density at radius 1 is 1.15 bits per heavy atom. The standard InChI is InChI=1S/C17H26N2O/c18-17(20)16(13-12-14-8-4-3-5-9-14)19-15-10-6-1-2-7-11-15/h3-5,8-9,15-16,19H,1-2,6-7,10-13H2,(H2,18,20). The third-order valence-corrected chi connectivity index (χ3v) is 4.20. The summed E-state index contributed by atoms with van der Waals surface area (Å²) in [7, 11) is 0. The number of carbonyl (C=O) groups excluding carboxylic acids is 1. The predicted molar refractivity (Wildman–Crippen MR) is 82.4 cm³/mol. The number of carbonyl (C=O) groups is 1. The fourth-order valence-corrected chi connectivity index (χ4v) is 2.99. The topological polar surface area (TPSA) is 55.1 Å². The Labute approximate surface area is 121 Å². The van der Waals surface area contributed by atoms with Gasteiger partial charge in [-0.1, -0.05) is 56.0 Å². The molecule has 1 atom stereocenters. The number of amides is 1. The average molecular weight is 274 g/mol. The molecule has 2 rings (SSSR count). The summed E-state index contributed by atoms with van der Waals surface area (Å²) in [5.74, 6) is -0.217. The summed E-state index contributed by atoms with van der Waals surface area (Å²) < 4.78 is 0. The quantitative estimate of drug-likeness (QED) is 0.784. The zero-order valence-electron chi connectivity index (χ0n) is 12.2. The molecule has 1 aromatic rings. The lowest BCUT2D eigenvalue weighted by atomic mass is 10.0. The summed E-state index contributed by atoms with van der Waals surface area (Å²) in [6, 6.07) is 10.6. The van der Waals surface area contributed by atoms with Gasteiger partial charge in [-0.2, -0.15) is 0 Å². The van der Waals surface area contributed by atoms with E-state index in [1.165, 1.54) is 44.1 Å². The van der Waals surface area contributed by atoms with Gasteiger partial charge in [-0.15, -0.1) is 0 Å². The van der Waals surface area contributed by atoms with Gasteiger partial charge in [-0.05, 0) is 31.2 Å². The summed E-state index contributed by atoms with van der Waals surface area (Å²) >= 11 is 0. The van der Waals surface area contributed by atoms with Gasteiger partial charge >= 0.3 is 0 Å². The zero-order valence-corrected chi connectivity index (χ0v) is 12.2. The largest absolute Gasteiger partial charge is 0.368 e. The summed E-state index contributed by atoms with van der Waals surface area (Å²) in [5.41, 5.74) is 6.82. The fourth-order valence-electron chi connectivity index (χ4n) is 2.99. The van der Waals surface area contributed by atoms with Crippen LogP contribution in [0.1, 0.15) is 50.5 Å². The molecule has 0 spiro atoms. The number of nitrogens with one attached hydrogen (secondary N) is 1. The van der Waals surface area contributed by atoms with E-state index in [2.05, 4.69) is 17.4 Å². The van der Waals surface area contributed by atoms with Crippen molar-refractivity contribution in [3.8, 4) is 0 Å². The predicted octanol–water partition coefficient (Wildman–Crippen LogP) is 2.79. The van der Waals surface area contributed by atoms with Crippen molar-refractivity contribution in [2.24, 2.45) is 5.73 Å². The molecule has 1 aromatic carbocycles. The van der Waals surface area contributed by atoms with Gasteiger partial charge in [0.2, 0.25) is 5.91 Å². The van der Waals surface area contributed by atoms with E-state index in [1.807, 2.05) is 18.2 Å². The van der Waals surface area contributed by atoms with Gasteiger partial charge in [-0.3, -0.25) is 4.79 Å². The number of hydrogen-bond donors (Lipinski definition) is 2. The van der Waals surface area contributed by atoms with Crippen LogP contribution in [0.15, 0.2) is 30.3 Å². The van der Waals surface area contributed by atoms with Crippen molar-refractivity contribution >= 4 is 5.91 Å². The zero-order chi connectivity index (χ0) is 14.2. The van der Waals surface area contributed by atoms with E-state index in [0.717, 1.165) is 12.8 Å². The maximum atomic E-state index is 11.6. The molecule has 1 saturated carbocycles. The Hall–Kier alpha value is -1.35. The van der Waals surface area contributed by atoms with Crippen molar-refractivity contribution in [3.05, 3.63) is 35.9 Å². The first-order valence-electron chi connectivity index (χ1n) is 7.85. The third-order valence-electron chi connectivity index (χ3n) is 4.20. The fraction of sp³-hybridized carbons (Fsp3) is 0.588. The van der Waals surface area contributed by atoms with Crippen LogP contribution in [-0.4, -0.2) is 18.0 Å². The molecule has 3 heteroatoms. The Bertz CT molecular complexity index is 397. The van der Waals surface area contributed by atoms with Crippen molar-refractivity contribution in [2.45, 2.75) is 63.5 Å². The first-order chi connectivity index (χ1) is 9.75. The first-order valence-corrected chi connectivity index (χ1v) is 7.85. The van der Waals surface area contributed by atoms with E-state index >= 15 is 0 Å². The van der Waals surface area contributed by atoms with Crippen LogP contribution in [-0.2, 0) is 11.2 Å². The number of benzene rings is 1. The molecule has 1 fully saturated rings. The number of hydrogen-bond acceptors (Lipinski definition) is 2. The Morgan fingerprint density at radius 2 is 1.80 bits per heavy atom. The third kappa shape index (κ3) is 4.97. The number of rotatable bonds is 6. The van der Waals surface area contributed by atoms with Crippen LogP contribution in [0.4, 0.5) is 0 Å². The van der Waals surface area contributed by atoms with Gasteiger partial charge in [0.25, 0.3) is 0 Å². The minimum absolute atomic E-state index is 0.196. The van der Waals surface area contributed by atoms with Crippen LogP contribution in [0.2, 0.25) is 0 Å². The van der Waals surface area contributed by atoms with Gasteiger partial charge in [0.15, 0.2) is 0 Å². The van der Waals surface area contributed by atoms with Crippen LogP contribution >= 0.6 is 0 Å². The highest BCUT2D eigenvalue weighted by molar-refractivity contribution is 5.79. The van der Waals surface area contributed by atoms with E-state index in [4.69, 9.17) is 5.73 Å². The highest BCUT2D eigenvalue weighted by Gasteiger charge is 2.20. The van der Waals surface area contributed by atoms with Crippen molar-refractivity contribution < 1.29 is 4.79 Å². The van der Waals surface area contributed by atoms with Gasteiger partial charge in [0.05, 0.1) is 6.04 Å². The van der Waals surface area contributed by atoms with Crippen molar-refractivity contribution in [2.75, 3.05) is 0 Å². The van der Waals surface area contributed by atoms with Crippen LogP contribution in [0.5, 0.6) is 0 Å². The van der Waals surface area contributed by atoms with Gasteiger partial charge in [0, 0.05) is 6.04 Å². The van der Waals surface area contributed by atoms with E-state index < -0.39 is 0 Å². The minimum Gasteiger partial charge on any atom is -0.368 e. The molecule has 0 radical (unpaired) electrons. The Balaban J connectivity index is 1.85. The molecule has 1 unspecified atom stereocenters. The van der Waals surface area contributed by atoms with E-state index in [0.29, 0.717) is 6.04 Å². The molecule has 0 heterocycles. The lowest BCUT2D eigenvalue weighted by Crippen LogP contribution is -2.46. The van der Waals surface area contributed by atoms with Crippen molar-refractivity contribution in [1.82, 2.24) is 5.32 Å². The monoisotopic (exact) mass is 274 g/mol. The second-order valence-corrected chi connectivity index (χ2v) is 5.83. The smallest absolute Gasteiger partial charge is 0.234 e. The molecule has 0 bridgehead atoms. The molecular formula is C17H26N2O. The van der Waals surface area contributed by atoms with Gasteiger partial charge in [0.1, 0.15) is 0 Å². The number of nitrogens with two attached hydrogens (primary N) is 1. The summed E-state index contributed by atoms with van der Waals surface area (Å²) in [6.45, 7) is 0. The molecule has 0 saturated heterocycles. The van der Waals surface area contributed by atoms with Crippen LogP contribution in [0, 0.1) is 0 Å². The summed E-state index contributed by atoms with van der Waals surface area (Å²) in [5, 5.41) is 3.49. The lowest BCUT2D eigenvalue weighted by molar-refractivity contribution is -0.120. The second kappa shape index (κ2) is 8.05. The Morgan fingerprint density at radius 3 is 2.40 bits per heavy atom. The molecule has 20 heavy (non-hydrogen) atoms. The van der Waals surface area contributed by atoms with Gasteiger partial charge < -0.3 is 11.1 Å². The molecule has 110 valence electrons. The van der Waals surface area contributed by atoms with Gasteiger partial charge in [-0.25, -0.2) is 0 Å². The van der Waals surface area contributed by atoms with E-state index in [9.17, 15) is 4.79 Å². The van der Waals surface area contributed by atoms with Crippen LogP contribution < -0.4 is 11.1 Å². The summed E-state index contributed by atoms with van der Waals surface area (Å²) in [4.78, 5) is 11.6. The maximum absolute atomic E-state index is 11.6. The average Bonchev–Trinajstić information content (AvgIpc) is 2.73. The molecular weight excluding hydrogens is 248 g/mol. The van der Waals surface area contributed by atoms with Crippen LogP contribution in [0.3, 0.4) is 0 Å². The molecule has 1 aliphatic carbocycles. The highest BCUT2D eigenvalue weighted by Crippen LogP contribution is 2.18. The van der Waals surface area contributed by atoms with Crippen LogP contribution in [0.25, 0.3) is 0 Å². The van der Waals surface area contributed by atoms with E-state index in [1.54, 1.807) is 0 Å². The summed E-state index contributed by atoms with van der Waals surface area (Å²) in [6.07, 6.45) is 9.21.